The molecular formula is C8H11NO3. The van der Waals surface area contributed by atoms with Gasteiger partial charge in [-0.3, -0.25) is 4.79 Å². The summed E-state index contributed by atoms with van der Waals surface area (Å²) in [6, 6.07) is 0. The molecule has 0 unspecified atom stereocenters. The van der Waals surface area contributed by atoms with Crippen molar-refractivity contribution in [2.45, 2.75) is 32.1 Å². The van der Waals surface area contributed by atoms with Gasteiger partial charge in [0.2, 0.25) is 0 Å². The van der Waals surface area contributed by atoms with E-state index in [0.29, 0.717) is 24.1 Å². The van der Waals surface area contributed by atoms with E-state index in [2.05, 4.69) is 5.18 Å². The van der Waals surface area contributed by atoms with E-state index in [9.17, 15) is 9.70 Å². The summed E-state index contributed by atoms with van der Waals surface area (Å²) in [4.78, 5) is 20.6. The summed E-state index contributed by atoms with van der Waals surface area (Å²) in [5.74, 6) is -0.881. The van der Waals surface area contributed by atoms with Gasteiger partial charge >= 0.3 is 5.97 Å². The Morgan fingerprint density at radius 1 is 1.42 bits per heavy atom. The Bertz CT molecular complexity index is 232. The molecule has 1 rings (SSSR count). The monoisotopic (exact) mass is 169 g/mol. The molecule has 0 amide bonds. The number of allylic oxidation sites excluding steroid dienone is 1. The minimum Gasteiger partial charge on any atom is -0.481 e. The van der Waals surface area contributed by atoms with Gasteiger partial charge in [-0.2, -0.15) is 0 Å². The van der Waals surface area contributed by atoms with Crippen LogP contribution < -0.4 is 0 Å². The molecule has 1 aliphatic carbocycles. The van der Waals surface area contributed by atoms with E-state index in [1.807, 2.05) is 0 Å². The van der Waals surface area contributed by atoms with Crippen LogP contribution in [0.3, 0.4) is 0 Å². The van der Waals surface area contributed by atoms with E-state index < -0.39 is 5.97 Å². The third-order valence-corrected chi connectivity index (χ3v) is 2.03. The number of nitrogens with zero attached hydrogens (tertiary/aromatic N) is 1. The van der Waals surface area contributed by atoms with Crippen molar-refractivity contribution in [1.82, 2.24) is 0 Å². The summed E-state index contributed by atoms with van der Waals surface area (Å²) in [6.45, 7) is 0. The van der Waals surface area contributed by atoms with Crippen molar-refractivity contribution < 1.29 is 9.90 Å². The third kappa shape index (κ3) is 2.15. The van der Waals surface area contributed by atoms with Crippen LogP contribution in [0.2, 0.25) is 0 Å². The molecule has 4 nitrogen and oxygen atoms in total. The molecule has 1 aliphatic rings. The minimum absolute atomic E-state index is 0.0267. The fourth-order valence-corrected chi connectivity index (χ4v) is 1.44. The SMILES string of the molecule is O=NC1=C(CC(=O)O)CCCC1. The number of aliphatic carboxylic acids is 1. The first-order valence-corrected chi connectivity index (χ1v) is 4.00. The zero-order valence-corrected chi connectivity index (χ0v) is 6.75. The Balaban J connectivity index is 2.72. The van der Waals surface area contributed by atoms with Gasteiger partial charge in [-0.1, -0.05) is 0 Å². The highest BCUT2D eigenvalue weighted by molar-refractivity contribution is 5.70. The number of rotatable bonds is 3. The highest BCUT2D eigenvalue weighted by atomic mass is 16.4. The number of carboxylic acid groups (broad SMARTS) is 1. The summed E-state index contributed by atoms with van der Waals surface area (Å²) < 4.78 is 0. The Kier molecular flexibility index (Phi) is 2.96. The Morgan fingerprint density at radius 3 is 2.67 bits per heavy atom. The van der Waals surface area contributed by atoms with Crippen LogP contribution in [0.5, 0.6) is 0 Å². The van der Waals surface area contributed by atoms with E-state index in [1.54, 1.807) is 0 Å². The maximum atomic E-state index is 10.4. The van der Waals surface area contributed by atoms with Crippen molar-refractivity contribution in [2.75, 3.05) is 0 Å². The zero-order valence-electron chi connectivity index (χ0n) is 6.75. The van der Waals surface area contributed by atoms with Gasteiger partial charge in [0, 0.05) is 0 Å². The number of carbonyl (C=O) groups is 1. The second kappa shape index (κ2) is 3.99. The molecule has 1 N–H and O–H groups in total. The molecule has 0 fully saturated rings. The molecule has 0 aromatic heterocycles. The van der Waals surface area contributed by atoms with E-state index >= 15 is 0 Å². The van der Waals surface area contributed by atoms with E-state index in [4.69, 9.17) is 5.11 Å². The number of nitroso groups, excluding NO2 is 1. The lowest BCUT2D eigenvalue weighted by molar-refractivity contribution is -0.136. The second-order valence-electron chi connectivity index (χ2n) is 2.92. The van der Waals surface area contributed by atoms with Crippen molar-refractivity contribution in [3.05, 3.63) is 16.2 Å². The molecule has 0 aliphatic heterocycles. The van der Waals surface area contributed by atoms with Crippen molar-refractivity contribution in [3.63, 3.8) is 0 Å². The average molecular weight is 169 g/mol. The van der Waals surface area contributed by atoms with Crippen LogP contribution in [0, 0.1) is 4.91 Å². The predicted molar refractivity (Wildman–Crippen MR) is 43.5 cm³/mol. The normalized spacial score (nSPS) is 17.7. The van der Waals surface area contributed by atoms with Gasteiger partial charge in [0.1, 0.15) is 0 Å². The smallest absolute Gasteiger partial charge is 0.307 e. The minimum atomic E-state index is -0.881. The van der Waals surface area contributed by atoms with E-state index in [-0.39, 0.29) is 6.42 Å². The first-order chi connectivity index (χ1) is 5.74. The molecule has 0 heterocycles. The van der Waals surface area contributed by atoms with Gasteiger partial charge in [0.15, 0.2) is 0 Å². The molecule has 0 saturated heterocycles. The molecule has 0 atom stereocenters. The summed E-state index contributed by atoms with van der Waals surface area (Å²) in [6.07, 6.45) is 3.26. The van der Waals surface area contributed by atoms with Gasteiger partial charge in [-0.15, -0.1) is 4.91 Å². The standard InChI is InChI=1S/C8H11NO3/c10-8(11)5-6-3-1-2-4-7(6)9-12/h1-5H2,(H,10,11). The van der Waals surface area contributed by atoms with Crippen LogP contribution in [-0.2, 0) is 4.79 Å². The number of carboxylic acids is 1. The fourth-order valence-electron chi connectivity index (χ4n) is 1.44. The quantitative estimate of drug-likeness (QED) is 0.657. The number of hydrogen-bond donors (Lipinski definition) is 1. The average Bonchev–Trinajstić information content (AvgIpc) is 2.04. The summed E-state index contributed by atoms with van der Waals surface area (Å²) >= 11 is 0. The lowest BCUT2D eigenvalue weighted by Crippen LogP contribution is -2.04. The van der Waals surface area contributed by atoms with Gasteiger partial charge in [0.25, 0.3) is 0 Å². The highest BCUT2D eigenvalue weighted by Crippen LogP contribution is 2.27. The van der Waals surface area contributed by atoms with Crippen molar-refractivity contribution in [3.8, 4) is 0 Å². The van der Waals surface area contributed by atoms with Gasteiger partial charge in [0.05, 0.1) is 12.1 Å². The van der Waals surface area contributed by atoms with E-state index in [1.165, 1.54) is 0 Å². The molecule has 0 radical (unpaired) electrons. The largest absolute Gasteiger partial charge is 0.481 e. The first-order valence-electron chi connectivity index (χ1n) is 4.00. The van der Waals surface area contributed by atoms with Crippen LogP contribution >= 0.6 is 0 Å². The molecule has 0 aromatic carbocycles. The van der Waals surface area contributed by atoms with Crippen LogP contribution in [0.1, 0.15) is 32.1 Å². The van der Waals surface area contributed by atoms with Gasteiger partial charge < -0.3 is 5.11 Å². The lowest BCUT2D eigenvalue weighted by Gasteiger charge is -2.13. The summed E-state index contributed by atoms with van der Waals surface area (Å²) in [7, 11) is 0. The lowest BCUT2D eigenvalue weighted by atomic mass is 9.94. The molecule has 66 valence electrons. The topological polar surface area (TPSA) is 66.7 Å². The van der Waals surface area contributed by atoms with Crippen LogP contribution in [0.4, 0.5) is 0 Å². The van der Waals surface area contributed by atoms with Crippen LogP contribution in [-0.4, -0.2) is 11.1 Å². The van der Waals surface area contributed by atoms with Crippen molar-refractivity contribution >= 4 is 5.97 Å². The summed E-state index contributed by atoms with van der Waals surface area (Å²) in [5, 5.41) is 11.3. The third-order valence-electron chi connectivity index (χ3n) is 2.03. The number of hydrogen-bond acceptors (Lipinski definition) is 3. The summed E-state index contributed by atoms with van der Waals surface area (Å²) in [5.41, 5.74) is 1.17. The molecular weight excluding hydrogens is 158 g/mol. The first kappa shape index (κ1) is 8.90. The fraction of sp³-hybridized carbons (Fsp3) is 0.625. The molecule has 0 saturated carbocycles. The van der Waals surface area contributed by atoms with Crippen LogP contribution in [0.15, 0.2) is 16.4 Å². The Hall–Kier alpha value is -1.19. The van der Waals surface area contributed by atoms with Crippen LogP contribution in [0.25, 0.3) is 0 Å². The van der Waals surface area contributed by atoms with Gasteiger partial charge in [-0.25, -0.2) is 0 Å². The van der Waals surface area contributed by atoms with E-state index in [0.717, 1.165) is 12.8 Å². The molecule has 0 aromatic rings. The Labute approximate surface area is 70.2 Å². The molecule has 4 heteroatoms. The molecule has 0 spiro atoms. The maximum absolute atomic E-state index is 10.4. The van der Waals surface area contributed by atoms with Gasteiger partial charge in [-0.05, 0) is 36.4 Å². The highest BCUT2D eigenvalue weighted by Gasteiger charge is 2.15. The Morgan fingerprint density at radius 2 is 2.08 bits per heavy atom. The zero-order chi connectivity index (χ0) is 8.97. The van der Waals surface area contributed by atoms with Crippen molar-refractivity contribution in [1.29, 1.82) is 0 Å². The van der Waals surface area contributed by atoms with Crippen molar-refractivity contribution in [2.24, 2.45) is 5.18 Å². The maximum Gasteiger partial charge on any atom is 0.307 e. The second-order valence-corrected chi connectivity index (χ2v) is 2.92. The molecule has 12 heavy (non-hydrogen) atoms. The molecule has 0 bridgehead atoms. The predicted octanol–water partition coefficient (Wildman–Crippen LogP) is 2.06.